The van der Waals surface area contributed by atoms with E-state index in [0.717, 1.165) is 25.7 Å². The van der Waals surface area contributed by atoms with Crippen molar-refractivity contribution in [3.63, 3.8) is 0 Å². The molecule has 6 unspecified atom stereocenters. The van der Waals surface area contributed by atoms with E-state index in [-0.39, 0.29) is 30.0 Å². The van der Waals surface area contributed by atoms with Gasteiger partial charge in [0.15, 0.2) is 0 Å². The molecule has 24 heavy (non-hydrogen) atoms. The van der Waals surface area contributed by atoms with Crippen molar-refractivity contribution in [1.82, 2.24) is 0 Å². The lowest BCUT2D eigenvalue weighted by atomic mass is 9.44. The first-order valence-electron chi connectivity index (χ1n) is 9.19. The van der Waals surface area contributed by atoms with Crippen LogP contribution in [0.1, 0.15) is 46.0 Å². The monoisotopic (exact) mass is 336 g/mol. The molecule has 6 atom stereocenters. The highest BCUT2D eigenvalue weighted by Gasteiger charge is 2.62. The fourth-order valence-corrected chi connectivity index (χ4v) is 6.12. The van der Waals surface area contributed by atoms with Crippen molar-refractivity contribution in [3.05, 3.63) is 24.3 Å². The Morgan fingerprint density at radius 1 is 1.21 bits per heavy atom. The maximum atomic E-state index is 10.6. The Balaban J connectivity index is 2.04. The number of fused-ring (bicyclic) bond motifs is 3. The fraction of sp³-hybridized carbons (Fsp3) is 0.800. The molecule has 0 radical (unpaired) electrons. The lowest BCUT2D eigenvalue weighted by Crippen LogP contribution is -2.65. The maximum absolute atomic E-state index is 10.6. The van der Waals surface area contributed by atoms with E-state index in [9.17, 15) is 20.4 Å². The van der Waals surface area contributed by atoms with Crippen LogP contribution in [0.5, 0.6) is 0 Å². The summed E-state index contributed by atoms with van der Waals surface area (Å²) in [6.45, 7) is 7.79. The molecule has 0 aromatic rings. The Labute approximate surface area is 144 Å². The Morgan fingerprint density at radius 3 is 2.46 bits per heavy atom. The molecule has 2 fully saturated rings. The van der Waals surface area contributed by atoms with Crippen LogP contribution in [0.25, 0.3) is 0 Å². The van der Waals surface area contributed by atoms with Gasteiger partial charge in [-0.3, -0.25) is 0 Å². The summed E-state index contributed by atoms with van der Waals surface area (Å²) in [7, 11) is 0. The summed E-state index contributed by atoms with van der Waals surface area (Å²) in [5.74, 6) is 0.345. The lowest BCUT2D eigenvalue weighted by Gasteiger charge is -2.62. The number of aliphatic hydroxyl groups excluding tert-OH is 4. The van der Waals surface area contributed by atoms with Crippen LogP contribution in [-0.4, -0.2) is 45.8 Å². The van der Waals surface area contributed by atoms with Crippen molar-refractivity contribution in [2.75, 3.05) is 13.2 Å². The fourth-order valence-electron chi connectivity index (χ4n) is 6.12. The van der Waals surface area contributed by atoms with E-state index in [1.165, 1.54) is 5.57 Å². The van der Waals surface area contributed by atoms with Gasteiger partial charge in [0.1, 0.15) is 0 Å². The topological polar surface area (TPSA) is 80.9 Å². The second kappa shape index (κ2) is 5.94. The second-order valence-corrected chi connectivity index (χ2v) is 8.88. The molecule has 0 aromatic heterocycles. The first kappa shape index (κ1) is 18.1. The summed E-state index contributed by atoms with van der Waals surface area (Å²) in [5, 5.41) is 41.2. The van der Waals surface area contributed by atoms with E-state index in [1.54, 1.807) is 0 Å². The average Bonchev–Trinajstić information content (AvgIpc) is 2.56. The molecular weight excluding hydrogens is 304 g/mol. The molecule has 136 valence electrons. The van der Waals surface area contributed by atoms with Crippen molar-refractivity contribution in [2.45, 2.75) is 58.2 Å². The molecule has 0 aliphatic heterocycles. The third-order valence-corrected chi connectivity index (χ3v) is 7.60. The van der Waals surface area contributed by atoms with Crippen molar-refractivity contribution in [1.29, 1.82) is 0 Å². The van der Waals surface area contributed by atoms with Crippen molar-refractivity contribution >= 4 is 0 Å². The molecule has 0 saturated heterocycles. The quantitative estimate of drug-likeness (QED) is 0.595. The van der Waals surface area contributed by atoms with Crippen LogP contribution in [0.15, 0.2) is 24.3 Å². The van der Waals surface area contributed by atoms with Gasteiger partial charge in [0.05, 0.1) is 25.4 Å². The molecule has 4 nitrogen and oxygen atoms in total. The smallest absolute Gasteiger partial charge is 0.0902 e. The van der Waals surface area contributed by atoms with Crippen LogP contribution >= 0.6 is 0 Å². The van der Waals surface area contributed by atoms with E-state index in [1.807, 2.05) is 6.08 Å². The van der Waals surface area contributed by atoms with Gasteiger partial charge in [0.25, 0.3) is 0 Å². The normalized spacial score (nSPS) is 47.3. The molecule has 0 heterocycles. The first-order valence-corrected chi connectivity index (χ1v) is 9.19. The second-order valence-electron chi connectivity index (χ2n) is 8.88. The largest absolute Gasteiger partial charge is 0.396 e. The molecule has 0 amide bonds. The van der Waals surface area contributed by atoms with Crippen LogP contribution in [0.3, 0.4) is 0 Å². The first-order chi connectivity index (χ1) is 11.3. The van der Waals surface area contributed by atoms with Crippen molar-refractivity contribution < 1.29 is 20.4 Å². The van der Waals surface area contributed by atoms with Crippen molar-refractivity contribution in [2.24, 2.45) is 28.1 Å². The highest BCUT2D eigenvalue weighted by Crippen LogP contribution is 2.63. The summed E-state index contributed by atoms with van der Waals surface area (Å²) in [6.07, 6.45) is 6.73. The van der Waals surface area contributed by atoms with E-state index in [4.69, 9.17) is 0 Å². The molecular formula is C20H32O4. The van der Waals surface area contributed by atoms with Gasteiger partial charge in [-0.1, -0.05) is 31.6 Å². The molecule has 2 saturated carbocycles. The zero-order valence-electron chi connectivity index (χ0n) is 14.9. The Hall–Kier alpha value is -0.680. The zero-order valence-corrected chi connectivity index (χ0v) is 14.9. The number of rotatable bonds is 3. The highest BCUT2D eigenvalue weighted by molar-refractivity contribution is 5.27. The molecule has 0 bridgehead atoms. The average molecular weight is 336 g/mol. The van der Waals surface area contributed by atoms with E-state index < -0.39 is 17.6 Å². The predicted molar refractivity (Wildman–Crippen MR) is 93.2 cm³/mol. The SMILES string of the molecule is C=CC1(C)C=C2CCC3C(C)(CC(O)C(O)C3(CO)CO)C2CC1. The van der Waals surface area contributed by atoms with Gasteiger partial charge in [-0.15, -0.1) is 6.58 Å². The van der Waals surface area contributed by atoms with Crippen LogP contribution < -0.4 is 0 Å². The van der Waals surface area contributed by atoms with Gasteiger partial charge in [-0.05, 0) is 49.4 Å². The van der Waals surface area contributed by atoms with Gasteiger partial charge in [0.2, 0.25) is 0 Å². The molecule has 3 rings (SSSR count). The van der Waals surface area contributed by atoms with E-state index in [2.05, 4.69) is 26.5 Å². The number of aliphatic hydroxyl groups is 4. The zero-order chi connectivity index (χ0) is 17.8. The summed E-state index contributed by atoms with van der Waals surface area (Å²) in [4.78, 5) is 0. The number of hydrogen-bond acceptors (Lipinski definition) is 4. The summed E-state index contributed by atoms with van der Waals surface area (Å²) < 4.78 is 0. The molecule has 3 aliphatic rings. The van der Waals surface area contributed by atoms with Crippen LogP contribution in [0, 0.1) is 28.1 Å². The molecule has 0 aromatic carbocycles. The minimum Gasteiger partial charge on any atom is -0.396 e. The molecule has 3 aliphatic carbocycles. The van der Waals surface area contributed by atoms with Gasteiger partial charge < -0.3 is 20.4 Å². The Bertz CT molecular complexity index is 538. The molecule has 4 heteroatoms. The third kappa shape index (κ3) is 2.34. The van der Waals surface area contributed by atoms with E-state index >= 15 is 0 Å². The minimum atomic E-state index is -1.07. The molecule has 0 spiro atoms. The van der Waals surface area contributed by atoms with Crippen LogP contribution in [0.2, 0.25) is 0 Å². The summed E-state index contributed by atoms with van der Waals surface area (Å²) in [6, 6.07) is 0. The third-order valence-electron chi connectivity index (χ3n) is 7.60. The van der Waals surface area contributed by atoms with Crippen LogP contribution in [-0.2, 0) is 0 Å². The molecule has 4 N–H and O–H groups in total. The summed E-state index contributed by atoms with van der Waals surface area (Å²) in [5.41, 5.74) is 0.233. The summed E-state index contributed by atoms with van der Waals surface area (Å²) >= 11 is 0. The maximum Gasteiger partial charge on any atom is 0.0902 e. The lowest BCUT2D eigenvalue weighted by molar-refractivity contribution is -0.221. The van der Waals surface area contributed by atoms with Gasteiger partial charge in [-0.25, -0.2) is 0 Å². The van der Waals surface area contributed by atoms with Crippen LogP contribution in [0.4, 0.5) is 0 Å². The van der Waals surface area contributed by atoms with Gasteiger partial charge in [-0.2, -0.15) is 0 Å². The Morgan fingerprint density at radius 2 is 1.88 bits per heavy atom. The van der Waals surface area contributed by atoms with E-state index in [0.29, 0.717) is 12.3 Å². The van der Waals surface area contributed by atoms with Gasteiger partial charge >= 0.3 is 0 Å². The Kier molecular flexibility index (Phi) is 4.49. The number of allylic oxidation sites excluding steroid dienone is 3. The number of hydrogen-bond donors (Lipinski definition) is 4. The standard InChI is InChI=1S/C20H32O4/c1-4-18(2)8-7-14-13(9-18)5-6-16-19(14,3)10-15(23)17(24)20(16,11-21)12-22/h4,9,14-17,21-24H,1,5-8,10-12H2,2-3H3. The minimum absolute atomic E-state index is 0.00800. The van der Waals surface area contributed by atoms with Gasteiger partial charge in [0, 0.05) is 10.8 Å². The highest BCUT2D eigenvalue weighted by atomic mass is 16.3. The van der Waals surface area contributed by atoms with Crippen molar-refractivity contribution in [3.8, 4) is 0 Å². The predicted octanol–water partition coefficient (Wildman–Crippen LogP) is 2.03.